The summed E-state index contributed by atoms with van der Waals surface area (Å²) in [6, 6.07) is 6.42. The lowest BCUT2D eigenvalue weighted by Crippen LogP contribution is -2.05. The zero-order valence-corrected chi connectivity index (χ0v) is 16.4. The second kappa shape index (κ2) is 8.64. The fourth-order valence-corrected chi connectivity index (χ4v) is 8.85. The summed E-state index contributed by atoms with van der Waals surface area (Å²) in [6.07, 6.45) is 0.988. The summed E-state index contributed by atoms with van der Waals surface area (Å²) in [5, 5.41) is 0. The second-order valence-corrected chi connectivity index (χ2v) is 13.8. The summed E-state index contributed by atoms with van der Waals surface area (Å²) in [6.45, 7) is 6.31. The molecule has 5 nitrogen and oxygen atoms in total. The Labute approximate surface area is 140 Å². The maximum atomic E-state index is 12.8. The van der Waals surface area contributed by atoms with Crippen molar-refractivity contribution in [1.29, 1.82) is 0 Å². The highest BCUT2D eigenvalue weighted by molar-refractivity contribution is 8.89. The zero-order valence-electron chi connectivity index (χ0n) is 13.0. The average molecular weight is 384 g/mol. The minimum Gasteiger partial charge on any atom is -0.383 e. The van der Waals surface area contributed by atoms with Crippen molar-refractivity contribution in [3.8, 4) is 5.75 Å². The van der Waals surface area contributed by atoms with Crippen molar-refractivity contribution in [2.75, 3.05) is 18.6 Å². The van der Waals surface area contributed by atoms with E-state index in [0.717, 1.165) is 16.9 Å². The van der Waals surface area contributed by atoms with E-state index in [1.54, 1.807) is 12.1 Å². The van der Waals surface area contributed by atoms with Crippen molar-refractivity contribution < 1.29 is 21.7 Å². The van der Waals surface area contributed by atoms with Gasteiger partial charge >= 0.3 is 15.9 Å². The Bertz CT molecular complexity index is 613. The Morgan fingerprint density at radius 3 is 2.27 bits per heavy atom. The van der Waals surface area contributed by atoms with Crippen molar-refractivity contribution in [1.82, 2.24) is 0 Å². The molecule has 0 N–H and O–H groups in total. The molecule has 0 aromatic heterocycles. The van der Waals surface area contributed by atoms with Crippen LogP contribution in [-0.4, -0.2) is 27.0 Å². The van der Waals surface area contributed by atoms with Crippen molar-refractivity contribution in [3.63, 3.8) is 0 Å². The van der Waals surface area contributed by atoms with E-state index in [-0.39, 0.29) is 5.75 Å². The van der Waals surface area contributed by atoms with Crippen LogP contribution < -0.4 is 4.18 Å². The Balaban J connectivity index is 2.79. The predicted octanol–water partition coefficient (Wildman–Crippen LogP) is 4.65. The smallest absolute Gasteiger partial charge is 0.317 e. The molecule has 0 aliphatic carbocycles. The van der Waals surface area contributed by atoms with Gasteiger partial charge in [0.05, 0.1) is 12.9 Å². The van der Waals surface area contributed by atoms with Gasteiger partial charge in [-0.2, -0.15) is 8.42 Å². The van der Waals surface area contributed by atoms with Crippen LogP contribution in [-0.2, 0) is 19.2 Å². The lowest BCUT2D eigenvalue weighted by atomic mass is 10.3. The summed E-state index contributed by atoms with van der Waals surface area (Å²) in [7, 11) is -3.54. The maximum absolute atomic E-state index is 12.8. The number of hydrogen-bond acceptors (Lipinski definition) is 7. The molecule has 0 amide bonds. The molecular weight excluding hydrogens is 363 g/mol. The van der Waals surface area contributed by atoms with Crippen molar-refractivity contribution in [2.45, 2.75) is 25.7 Å². The molecule has 0 bridgehead atoms. The fourth-order valence-electron chi connectivity index (χ4n) is 1.35. The summed E-state index contributed by atoms with van der Waals surface area (Å²) in [5.74, 6) is -1.48. The lowest BCUT2D eigenvalue weighted by molar-refractivity contribution is 0.357. The fraction of sp³-hybridized carbons (Fsp3) is 0.538. The highest BCUT2D eigenvalue weighted by Gasteiger charge is 2.26. The van der Waals surface area contributed by atoms with E-state index < -0.39 is 15.9 Å². The van der Waals surface area contributed by atoms with Crippen LogP contribution in [0.4, 0.5) is 0 Å². The van der Waals surface area contributed by atoms with Crippen LogP contribution in [0.1, 0.15) is 20.8 Å². The quantitative estimate of drug-likeness (QED) is 0.453. The van der Waals surface area contributed by atoms with Crippen LogP contribution in [0.25, 0.3) is 0 Å². The van der Waals surface area contributed by atoms with E-state index in [1.807, 2.05) is 6.92 Å². The molecule has 0 spiro atoms. The molecule has 0 saturated heterocycles. The van der Waals surface area contributed by atoms with Gasteiger partial charge in [0.15, 0.2) is 0 Å². The summed E-state index contributed by atoms with van der Waals surface area (Å²) >= 11 is 2.51. The number of hydrogen-bond donors (Lipinski definition) is 0. The molecular formula is C13H21O5PS3. The third-order valence-corrected chi connectivity index (χ3v) is 10.0. The maximum Gasteiger partial charge on any atom is 0.317 e. The molecule has 1 atom stereocenters. The molecule has 1 rings (SSSR count). The van der Waals surface area contributed by atoms with E-state index in [0.29, 0.717) is 12.5 Å². The molecule has 22 heavy (non-hydrogen) atoms. The highest BCUT2D eigenvalue weighted by atomic mass is 33.1. The largest absolute Gasteiger partial charge is 0.383 e. The van der Waals surface area contributed by atoms with Gasteiger partial charge < -0.3 is 8.71 Å². The van der Waals surface area contributed by atoms with Crippen molar-refractivity contribution >= 4 is 38.7 Å². The first kappa shape index (κ1) is 19.9. The van der Waals surface area contributed by atoms with Gasteiger partial charge in [-0.25, -0.2) is 0 Å². The van der Waals surface area contributed by atoms with Crippen LogP contribution in [0.2, 0.25) is 0 Å². The van der Waals surface area contributed by atoms with Gasteiger partial charge in [0, 0.05) is 10.6 Å². The van der Waals surface area contributed by atoms with Crippen LogP contribution in [0.3, 0.4) is 0 Å². The molecule has 0 saturated carbocycles. The van der Waals surface area contributed by atoms with Crippen LogP contribution in [0.15, 0.2) is 29.2 Å². The SMILES string of the molecule is CCOP(=O)(SCC(C)C)Sc1ccc(OS(C)(=O)=O)cc1. The normalized spacial score (nSPS) is 14.8. The van der Waals surface area contributed by atoms with Crippen LogP contribution in [0, 0.1) is 5.92 Å². The molecule has 0 aliphatic rings. The van der Waals surface area contributed by atoms with Gasteiger partial charge in [-0.15, -0.1) is 0 Å². The molecule has 1 aromatic rings. The minimum atomic E-state index is -3.54. The molecule has 1 unspecified atom stereocenters. The molecule has 9 heteroatoms. The van der Waals surface area contributed by atoms with Gasteiger partial charge in [0.2, 0.25) is 0 Å². The van der Waals surface area contributed by atoms with E-state index in [2.05, 4.69) is 13.8 Å². The van der Waals surface area contributed by atoms with Crippen molar-refractivity contribution in [3.05, 3.63) is 24.3 Å². The summed E-state index contributed by atoms with van der Waals surface area (Å²) in [4.78, 5) is 0.744. The Hall–Kier alpha value is -0.140. The number of rotatable bonds is 9. The van der Waals surface area contributed by atoms with Gasteiger partial charge in [-0.05, 0) is 48.5 Å². The standard InChI is InChI=1S/C13H21O5PS3/c1-5-17-19(14,20-10-11(2)3)21-13-8-6-12(7-9-13)18-22(4,15)16/h6-9,11H,5,10H2,1-4H3. The first-order valence-electron chi connectivity index (χ1n) is 6.72. The first-order chi connectivity index (χ1) is 10.1. The van der Waals surface area contributed by atoms with Crippen LogP contribution >= 0.6 is 28.5 Å². The third-order valence-electron chi connectivity index (χ3n) is 2.14. The van der Waals surface area contributed by atoms with Gasteiger partial charge in [-0.1, -0.05) is 25.2 Å². The second-order valence-electron chi connectivity index (χ2n) is 4.90. The highest BCUT2D eigenvalue weighted by Crippen LogP contribution is 2.72. The third kappa shape index (κ3) is 7.92. The van der Waals surface area contributed by atoms with Crippen LogP contribution in [0.5, 0.6) is 5.75 Å². The topological polar surface area (TPSA) is 69.7 Å². The van der Waals surface area contributed by atoms with Gasteiger partial charge in [-0.3, -0.25) is 4.57 Å². The predicted molar refractivity (Wildman–Crippen MR) is 94.3 cm³/mol. The van der Waals surface area contributed by atoms with Gasteiger partial charge in [0.1, 0.15) is 5.75 Å². The molecule has 1 aromatic carbocycles. The van der Waals surface area contributed by atoms with Gasteiger partial charge in [0.25, 0.3) is 0 Å². The Morgan fingerprint density at radius 1 is 1.23 bits per heavy atom. The summed E-state index contributed by atoms with van der Waals surface area (Å²) in [5.41, 5.74) is 0. The van der Waals surface area contributed by atoms with E-state index in [9.17, 15) is 13.0 Å². The molecule has 0 fully saturated rings. The monoisotopic (exact) mass is 384 g/mol. The van der Waals surface area contributed by atoms with E-state index in [4.69, 9.17) is 8.71 Å². The Kier molecular flexibility index (Phi) is 7.82. The first-order valence-corrected chi connectivity index (χ1v) is 13.2. The molecule has 0 aliphatic heterocycles. The Morgan fingerprint density at radius 2 is 1.82 bits per heavy atom. The molecule has 0 heterocycles. The minimum absolute atomic E-state index is 0.230. The zero-order chi connectivity index (χ0) is 16.8. The van der Waals surface area contributed by atoms with E-state index >= 15 is 0 Å². The average Bonchev–Trinajstić information content (AvgIpc) is 2.38. The van der Waals surface area contributed by atoms with Crippen molar-refractivity contribution in [2.24, 2.45) is 5.92 Å². The number of benzene rings is 1. The molecule has 0 radical (unpaired) electrons. The lowest BCUT2D eigenvalue weighted by Gasteiger charge is -2.17. The summed E-state index contributed by atoms with van der Waals surface area (Å²) < 4.78 is 45.1. The molecule has 126 valence electrons. The van der Waals surface area contributed by atoms with E-state index in [1.165, 1.54) is 34.9 Å².